The van der Waals surface area contributed by atoms with Crippen LogP contribution in [0.5, 0.6) is 0 Å². The molecule has 0 fully saturated rings. The van der Waals surface area contributed by atoms with Gasteiger partial charge in [-0.3, -0.25) is 0 Å². The minimum absolute atomic E-state index is 0. The summed E-state index contributed by atoms with van der Waals surface area (Å²) in [5.74, 6) is 0. The Hall–Kier alpha value is 2.01. The van der Waals surface area contributed by atoms with Crippen molar-refractivity contribution in [1.29, 1.82) is 0 Å². The minimum atomic E-state index is 0. The van der Waals surface area contributed by atoms with Crippen LogP contribution < -0.4 is 0 Å². The Kier molecular flexibility index (Phi) is 82.9. The van der Waals surface area contributed by atoms with Crippen LogP contribution in [0.2, 0.25) is 0 Å². The monoisotopic (exact) mass is 180 g/mol. The molecule has 30 valence electrons. The molecule has 0 aliphatic carbocycles. The average Bonchev–Trinajstić information content (AvgIpc) is 1.00. The van der Waals surface area contributed by atoms with Crippen molar-refractivity contribution in [3.05, 3.63) is 0 Å². The van der Waals surface area contributed by atoms with E-state index >= 15 is 0 Å². The normalized spacial score (nSPS) is 1.25. The SMILES string of the molecule is [Cu].[MgH2].[S]=[Co]. The average molecular weight is 181 g/mol. The van der Waals surface area contributed by atoms with Gasteiger partial charge in [0, 0.05) is 17.1 Å². The summed E-state index contributed by atoms with van der Waals surface area (Å²) in [5, 5.41) is 0. The van der Waals surface area contributed by atoms with Crippen molar-refractivity contribution in [3.8, 4) is 0 Å². The zero-order chi connectivity index (χ0) is 2.00. The molecule has 0 N–H and O–H groups in total. The van der Waals surface area contributed by atoms with E-state index in [4.69, 9.17) is 0 Å². The molecular weight excluding hydrogens is 179 g/mol. The molecule has 0 unspecified atom stereocenters. The van der Waals surface area contributed by atoms with Gasteiger partial charge >= 0.3 is 47.8 Å². The fourth-order valence-corrected chi connectivity index (χ4v) is 0. The van der Waals surface area contributed by atoms with Gasteiger partial charge in [0.05, 0.1) is 0 Å². The molecule has 0 aromatic heterocycles. The van der Waals surface area contributed by atoms with Gasteiger partial charge in [-0.2, -0.15) is 0 Å². The summed E-state index contributed by atoms with van der Waals surface area (Å²) in [6.07, 6.45) is 0. The first-order valence-electron chi connectivity index (χ1n) is 0.136. The van der Waals surface area contributed by atoms with E-state index in [0.717, 1.165) is 0 Å². The van der Waals surface area contributed by atoms with Crippen LogP contribution in [-0.4, -0.2) is 23.1 Å². The summed E-state index contributed by atoms with van der Waals surface area (Å²) >= 11 is 3.15. The topological polar surface area (TPSA) is 0 Å². The fraction of sp³-hybridized carbons (Fsp3) is 0. The van der Waals surface area contributed by atoms with Gasteiger partial charge in [0.1, 0.15) is 0 Å². The van der Waals surface area contributed by atoms with Crippen LogP contribution in [0, 0.1) is 0 Å². The van der Waals surface area contributed by atoms with Crippen LogP contribution in [0.1, 0.15) is 0 Å². The number of hydrogen-bond donors (Lipinski definition) is 0. The predicted molar refractivity (Wildman–Crippen MR) is 16.1 cm³/mol. The Labute approximate surface area is 64.2 Å². The summed E-state index contributed by atoms with van der Waals surface area (Å²) in [4.78, 5) is 0. The molecule has 0 rings (SSSR count). The van der Waals surface area contributed by atoms with Crippen LogP contribution in [0.4, 0.5) is 0 Å². The van der Waals surface area contributed by atoms with Gasteiger partial charge in [-0.1, -0.05) is 0 Å². The molecule has 0 nitrogen and oxygen atoms in total. The van der Waals surface area contributed by atoms with E-state index in [9.17, 15) is 0 Å². The van der Waals surface area contributed by atoms with E-state index in [1.165, 1.54) is 0 Å². The van der Waals surface area contributed by atoms with Crippen molar-refractivity contribution in [3.63, 3.8) is 0 Å². The predicted octanol–water partition coefficient (Wildman–Crippen LogP) is -0.273. The Bertz CT molecular complexity index is 8.00. The second-order valence-corrected chi connectivity index (χ2v) is 0. The molecule has 0 saturated heterocycles. The van der Waals surface area contributed by atoms with Crippen molar-refractivity contribution in [2.24, 2.45) is 0 Å². The molecule has 0 atom stereocenters. The van der Waals surface area contributed by atoms with Gasteiger partial charge in [0.15, 0.2) is 0 Å². The van der Waals surface area contributed by atoms with E-state index in [2.05, 4.69) is 24.7 Å². The van der Waals surface area contributed by atoms with Gasteiger partial charge in [-0.15, -0.1) is 0 Å². The third kappa shape index (κ3) is 8.99. The molecule has 0 aromatic rings. The van der Waals surface area contributed by atoms with E-state index in [0.29, 0.717) is 0 Å². The summed E-state index contributed by atoms with van der Waals surface area (Å²) in [6, 6.07) is 0. The van der Waals surface area contributed by atoms with E-state index < -0.39 is 0 Å². The molecule has 0 aliphatic rings. The molecule has 0 bridgehead atoms. The Morgan fingerprint density at radius 2 is 1.25 bits per heavy atom. The second kappa shape index (κ2) is 19.9. The van der Waals surface area contributed by atoms with E-state index in [1.54, 1.807) is 0 Å². The summed E-state index contributed by atoms with van der Waals surface area (Å²) in [5.41, 5.74) is 0. The first-order valence-corrected chi connectivity index (χ1v) is 1.68. The Morgan fingerprint density at radius 3 is 1.25 bits per heavy atom. The number of rotatable bonds is 0. The third-order valence-corrected chi connectivity index (χ3v) is 0. The summed E-state index contributed by atoms with van der Waals surface area (Å²) in [7, 11) is 3.77. The third-order valence-electron chi connectivity index (χ3n) is 0. The quantitative estimate of drug-likeness (QED) is 0.463. The molecule has 4 heavy (non-hydrogen) atoms. The molecule has 1 radical (unpaired) electrons. The van der Waals surface area contributed by atoms with Crippen LogP contribution >= 0.6 is 10.6 Å². The van der Waals surface area contributed by atoms with Crippen LogP contribution in [0.15, 0.2) is 0 Å². The molecule has 0 spiro atoms. The molecule has 0 aromatic carbocycles. The first kappa shape index (κ1) is 16.6. The first-order chi connectivity index (χ1) is 1.00. The summed E-state index contributed by atoms with van der Waals surface area (Å²) < 4.78 is 0. The van der Waals surface area contributed by atoms with Gasteiger partial charge < -0.3 is 0 Å². The van der Waals surface area contributed by atoms with E-state index in [-0.39, 0.29) is 40.1 Å². The second-order valence-electron chi connectivity index (χ2n) is 0. The standard InChI is InChI=1S/Co.Cu.Mg.S.2H. The van der Waals surface area contributed by atoms with Gasteiger partial charge in [-0.25, -0.2) is 0 Å². The van der Waals surface area contributed by atoms with Crippen molar-refractivity contribution in [2.45, 2.75) is 0 Å². The Morgan fingerprint density at radius 1 is 1.25 bits per heavy atom. The van der Waals surface area contributed by atoms with Gasteiger partial charge in [-0.05, 0) is 0 Å². The van der Waals surface area contributed by atoms with Crippen LogP contribution in [0.25, 0.3) is 0 Å². The molecule has 0 saturated carbocycles. The van der Waals surface area contributed by atoms with E-state index in [1.807, 2.05) is 0 Å². The van der Waals surface area contributed by atoms with Crippen LogP contribution in [-0.2, 0) is 31.2 Å². The Balaban J connectivity index is -0.00000000500. The zero-order valence-corrected chi connectivity index (χ0v) is 3.84. The van der Waals surface area contributed by atoms with Crippen LogP contribution in [0.3, 0.4) is 0 Å². The maximum atomic E-state index is 3.77. The zero-order valence-electron chi connectivity index (χ0n) is 1.04. The van der Waals surface area contributed by atoms with Crippen molar-refractivity contribution in [1.82, 2.24) is 0 Å². The molecule has 0 heterocycles. The molecule has 0 amide bonds. The number of hydrogen-bond acceptors (Lipinski definition) is 1. The van der Waals surface area contributed by atoms with Crippen molar-refractivity contribution in [2.75, 3.05) is 0 Å². The fourth-order valence-electron chi connectivity index (χ4n) is 0. The molecule has 0 aliphatic heterocycles. The van der Waals surface area contributed by atoms with Gasteiger partial charge in [0.25, 0.3) is 0 Å². The maximum absolute atomic E-state index is 3.77. The molecule has 4 heteroatoms. The van der Waals surface area contributed by atoms with Crippen molar-refractivity contribution >= 4 is 33.7 Å². The van der Waals surface area contributed by atoms with Crippen molar-refractivity contribution < 1.29 is 31.2 Å². The summed E-state index contributed by atoms with van der Waals surface area (Å²) in [6.45, 7) is 0. The van der Waals surface area contributed by atoms with Gasteiger partial charge in [0.2, 0.25) is 0 Å². The molecular formula is H2CoCuMgS.